The highest BCUT2D eigenvalue weighted by molar-refractivity contribution is 6.05. The maximum Gasteiger partial charge on any atom is 0.339 e. The van der Waals surface area contributed by atoms with Crippen LogP contribution in [0.3, 0.4) is 0 Å². The lowest BCUT2D eigenvalue weighted by molar-refractivity contribution is -0.128. The van der Waals surface area contributed by atoms with Crippen molar-refractivity contribution in [3.8, 4) is 0 Å². The van der Waals surface area contributed by atoms with Crippen LogP contribution in [0.5, 0.6) is 0 Å². The van der Waals surface area contributed by atoms with Crippen molar-refractivity contribution < 1.29 is 19.1 Å². The number of amides is 2. The fourth-order valence-electron chi connectivity index (χ4n) is 3.60. The lowest BCUT2D eigenvalue weighted by Gasteiger charge is -2.24. The summed E-state index contributed by atoms with van der Waals surface area (Å²) >= 11 is 0. The molecule has 7 heteroatoms. The lowest BCUT2D eigenvalue weighted by Crippen LogP contribution is -2.41. The van der Waals surface area contributed by atoms with Crippen molar-refractivity contribution in [2.75, 3.05) is 13.2 Å². The molecule has 0 aliphatic heterocycles. The number of para-hydroxylation sites is 1. The second-order valence-corrected chi connectivity index (χ2v) is 7.85. The molecular formula is C22H27N3O4. The van der Waals surface area contributed by atoms with Gasteiger partial charge in [-0.15, -0.1) is 0 Å². The fraction of sp³-hybridized carbons (Fsp3) is 0.455. The molecule has 154 valence electrons. The third-order valence-electron chi connectivity index (χ3n) is 4.94. The number of nitrogens with one attached hydrogen (secondary N) is 2. The number of pyridine rings is 1. The zero-order valence-corrected chi connectivity index (χ0v) is 17.1. The zero-order valence-electron chi connectivity index (χ0n) is 17.1. The van der Waals surface area contributed by atoms with Crippen LogP contribution in [-0.2, 0) is 27.2 Å². The molecular weight excluding hydrogens is 370 g/mol. The molecule has 1 aromatic heterocycles. The van der Waals surface area contributed by atoms with Gasteiger partial charge in [0.25, 0.3) is 5.91 Å². The molecule has 0 bridgehead atoms. The molecule has 29 heavy (non-hydrogen) atoms. The summed E-state index contributed by atoms with van der Waals surface area (Å²) in [6, 6.07) is 7.47. The number of carbonyl (C=O) groups excluding carboxylic acids is 3. The van der Waals surface area contributed by atoms with Gasteiger partial charge in [0.15, 0.2) is 6.61 Å². The molecule has 2 aromatic rings. The van der Waals surface area contributed by atoms with Crippen molar-refractivity contribution in [1.82, 2.24) is 15.6 Å². The van der Waals surface area contributed by atoms with E-state index in [-0.39, 0.29) is 18.5 Å². The summed E-state index contributed by atoms with van der Waals surface area (Å²) in [4.78, 5) is 41.3. The minimum atomic E-state index is -0.532. The zero-order chi connectivity index (χ0) is 21.0. The van der Waals surface area contributed by atoms with E-state index in [9.17, 15) is 14.4 Å². The Morgan fingerprint density at radius 1 is 1.21 bits per heavy atom. The Hall–Kier alpha value is -2.96. The summed E-state index contributed by atoms with van der Waals surface area (Å²) in [5.74, 6) is -0.878. The molecule has 0 spiro atoms. The molecule has 2 amide bonds. The minimum Gasteiger partial charge on any atom is -0.452 e. The van der Waals surface area contributed by atoms with Crippen molar-refractivity contribution in [1.29, 1.82) is 0 Å². The Morgan fingerprint density at radius 2 is 1.97 bits per heavy atom. The molecule has 0 saturated carbocycles. The standard InChI is InChI=1S/C22H27N3O4/c1-13(2)24-19(26)11-23-20(27)12-29-22(28)21-15-6-4-5-7-17(15)25-18-9-8-14(3)10-16(18)21/h4-7,13-14H,8-12H2,1-3H3,(H,23,27)(H,24,26)/t14-/m1/s1. The Balaban J connectivity index is 1.73. The van der Waals surface area contributed by atoms with Crippen molar-refractivity contribution in [3.63, 3.8) is 0 Å². The van der Waals surface area contributed by atoms with Crippen LogP contribution in [0, 0.1) is 5.92 Å². The van der Waals surface area contributed by atoms with Gasteiger partial charge in [-0.3, -0.25) is 14.6 Å². The monoisotopic (exact) mass is 397 g/mol. The predicted molar refractivity (Wildman–Crippen MR) is 110 cm³/mol. The average molecular weight is 397 g/mol. The SMILES string of the molecule is CC(C)NC(=O)CNC(=O)COC(=O)c1c2c(nc3ccccc13)CC[C@@H](C)C2. The van der Waals surface area contributed by atoms with Gasteiger partial charge >= 0.3 is 5.97 Å². The van der Waals surface area contributed by atoms with Gasteiger partial charge in [-0.1, -0.05) is 25.1 Å². The average Bonchev–Trinajstić information content (AvgIpc) is 2.68. The number of hydrogen-bond acceptors (Lipinski definition) is 5. The van der Waals surface area contributed by atoms with E-state index in [0.717, 1.165) is 41.4 Å². The first-order chi connectivity index (χ1) is 13.8. The van der Waals surface area contributed by atoms with E-state index in [1.54, 1.807) is 0 Å². The van der Waals surface area contributed by atoms with Crippen molar-refractivity contribution >= 4 is 28.7 Å². The van der Waals surface area contributed by atoms with Crippen LogP contribution in [0.25, 0.3) is 10.9 Å². The Bertz CT molecular complexity index is 939. The highest BCUT2D eigenvalue weighted by atomic mass is 16.5. The van der Waals surface area contributed by atoms with Gasteiger partial charge in [0, 0.05) is 17.1 Å². The van der Waals surface area contributed by atoms with Crippen LogP contribution in [0.4, 0.5) is 0 Å². The quantitative estimate of drug-likeness (QED) is 0.728. The smallest absolute Gasteiger partial charge is 0.339 e. The van der Waals surface area contributed by atoms with Gasteiger partial charge in [-0.05, 0) is 50.7 Å². The first-order valence-corrected chi connectivity index (χ1v) is 9.98. The van der Waals surface area contributed by atoms with E-state index in [4.69, 9.17) is 9.72 Å². The Labute approximate surface area is 170 Å². The summed E-state index contributed by atoms with van der Waals surface area (Å²) in [7, 11) is 0. The second-order valence-electron chi connectivity index (χ2n) is 7.85. The number of fused-ring (bicyclic) bond motifs is 2. The largest absolute Gasteiger partial charge is 0.452 e. The van der Waals surface area contributed by atoms with Crippen LogP contribution in [0.15, 0.2) is 24.3 Å². The Kier molecular flexibility index (Phi) is 6.46. The number of hydrogen-bond donors (Lipinski definition) is 2. The molecule has 1 aliphatic carbocycles. The highest BCUT2D eigenvalue weighted by Gasteiger charge is 2.26. The van der Waals surface area contributed by atoms with Crippen molar-refractivity contribution in [3.05, 3.63) is 41.1 Å². The summed E-state index contributed by atoms with van der Waals surface area (Å²) in [5.41, 5.74) is 3.11. The molecule has 0 radical (unpaired) electrons. The van der Waals surface area contributed by atoms with Gasteiger partial charge in [0.05, 0.1) is 17.6 Å². The van der Waals surface area contributed by atoms with Gasteiger partial charge in [-0.25, -0.2) is 4.79 Å². The third-order valence-corrected chi connectivity index (χ3v) is 4.94. The molecule has 2 N–H and O–H groups in total. The number of ether oxygens (including phenoxy) is 1. The molecule has 1 atom stereocenters. The molecule has 1 aromatic carbocycles. The van der Waals surface area contributed by atoms with Crippen molar-refractivity contribution in [2.45, 2.75) is 46.1 Å². The molecule has 1 aliphatic rings. The summed E-state index contributed by atoms with van der Waals surface area (Å²) in [6.45, 7) is 5.24. The summed E-state index contributed by atoms with van der Waals surface area (Å²) in [6.07, 6.45) is 2.62. The predicted octanol–water partition coefficient (Wildman–Crippen LogP) is 2.16. The second kappa shape index (κ2) is 9.03. The first-order valence-electron chi connectivity index (χ1n) is 9.98. The number of benzene rings is 1. The first kappa shape index (κ1) is 20.8. The van der Waals surface area contributed by atoms with E-state index in [1.165, 1.54) is 0 Å². The molecule has 7 nitrogen and oxygen atoms in total. The normalized spacial score (nSPS) is 15.7. The maximum atomic E-state index is 12.9. The number of aryl methyl sites for hydroxylation is 1. The van der Waals surface area contributed by atoms with Crippen LogP contribution in [0.1, 0.15) is 48.8 Å². The van der Waals surface area contributed by atoms with E-state index in [2.05, 4.69) is 17.6 Å². The number of aromatic nitrogens is 1. The molecule has 0 saturated heterocycles. The lowest BCUT2D eigenvalue weighted by atomic mass is 9.84. The summed E-state index contributed by atoms with van der Waals surface area (Å²) < 4.78 is 5.30. The topological polar surface area (TPSA) is 97.4 Å². The van der Waals surface area contributed by atoms with E-state index < -0.39 is 18.5 Å². The van der Waals surface area contributed by atoms with Crippen molar-refractivity contribution in [2.24, 2.45) is 5.92 Å². The van der Waals surface area contributed by atoms with Gasteiger partial charge in [0.2, 0.25) is 5.91 Å². The number of carbonyl (C=O) groups is 3. The van der Waals surface area contributed by atoms with Crippen LogP contribution in [-0.4, -0.2) is 42.0 Å². The minimum absolute atomic E-state index is 0.00855. The third kappa shape index (κ3) is 5.10. The number of rotatable bonds is 6. The summed E-state index contributed by atoms with van der Waals surface area (Å²) in [5, 5.41) is 5.88. The Morgan fingerprint density at radius 3 is 2.72 bits per heavy atom. The van der Waals surface area contributed by atoms with Crippen LogP contribution < -0.4 is 10.6 Å². The van der Waals surface area contributed by atoms with E-state index in [1.807, 2.05) is 38.1 Å². The molecule has 0 unspecified atom stereocenters. The highest BCUT2D eigenvalue weighted by Crippen LogP contribution is 2.31. The van der Waals surface area contributed by atoms with Gasteiger partial charge < -0.3 is 15.4 Å². The van der Waals surface area contributed by atoms with Gasteiger partial charge in [0.1, 0.15) is 0 Å². The van der Waals surface area contributed by atoms with Crippen LogP contribution in [0.2, 0.25) is 0 Å². The van der Waals surface area contributed by atoms with Gasteiger partial charge in [-0.2, -0.15) is 0 Å². The fourth-order valence-corrected chi connectivity index (χ4v) is 3.60. The molecule has 0 fully saturated rings. The molecule has 3 rings (SSSR count). The molecule has 1 heterocycles. The number of nitrogens with zero attached hydrogens (tertiary/aromatic N) is 1. The number of esters is 1. The van der Waals surface area contributed by atoms with E-state index >= 15 is 0 Å². The van der Waals surface area contributed by atoms with Crippen LogP contribution >= 0.6 is 0 Å². The maximum absolute atomic E-state index is 12.9. The van der Waals surface area contributed by atoms with E-state index in [0.29, 0.717) is 11.5 Å².